The van der Waals surface area contributed by atoms with Gasteiger partial charge in [-0.05, 0) is 96.1 Å². The quantitative estimate of drug-likeness (QED) is 0.284. The van der Waals surface area contributed by atoms with Gasteiger partial charge in [0.15, 0.2) is 5.82 Å². The number of tetrazole rings is 1. The van der Waals surface area contributed by atoms with Crippen molar-refractivity contribution in [1.82, 2.24) is 20.2 Å². The highest BCUT2D eigenvalue weighted by Crippen LogP contribution is 2.34. The Kier molecular flexibility index (Phi) is 9.22. The third kappa shape index (κ3) is 7.85. The second-order valence-corrected chi connectivity index (χ2v) is 11.2. The Morgan fingerprint density at radius 1 is 1.11 bits per heavy atom. The molecule has 1 heterocycles. The number of esters is 1. The van der Waals surface area contributed by atoms with Crippen LogP contribution in [0.15, 0.2) is 46.9 Å². The van der Waals surface area contributed by atoms with Crippen LogP contribution in [-0.4, -0.2) is 38.9 Å². The van der Waals surface area contributed by atoms with Crippen LogP contribution in [0, 0.1) is 17.7 Å². The number of carbonyl (C=O) groups is 1. The molecule has 0 aliphatic rings. The molecule has 2 aromatic carbocycles. The molecule has 0 radical (unpaired) electrons. The fraction of sp³-hybridized carbons (Fsp3) is 0.481. The number of hydrogen-bond donors (Lipinski definition) is 0. The van der Waals surface area contributed by atoms with Crippen molar-refractivity contribution in [2.75, 3.05) is 7.11 Å². The van der Waals surface area contributed by atoms with Gasteiger partial charge in [0.2, 0.25) is 0 Å². The van der Waals surface area contributed by atoms with Crippen molar-refractivity contribution in [2.45, 2.75) is 65.5 Å². The summed E-state index contributed by atoms with van der Waals surface area (Å²) in [5.74, 6) is -0.210. The molecule has 194 valence electrons. The van der Waals surface area contributed by atoms with E-state index in [2.05, 4.69) is 45.2 Å². The highest BCUT2D eigenvalue weighted by Gasteiger charge is 2.36. The smallest absolute Gasteiger partial charge is 0.310 e. The molecule has 0 fully saturated rings. The lowest BCUT2D eigenvalue weighted by Gasteiger charge is -2.29. The first-order valence-electron chi connectivity index (χ1n) is 12.0. The predicted molar refractivity (Wildman–Crippen MR) is 139 cm³/mol. The Bertz CT molecular complexity index is 1160. The molecule has 3 aromatic rings. The van der Waals surface area contributed by atoms with Crippen molar-refractivity contribution in [3.05, 3.63) is 69.7 Å². The number of benzene rings is 2. The minimum atomic E-state index is -0.639. The summed E-state index contributed by atoms with van der Waals surface area (Å²) in [4.78, 5) is 14.9. The maximum absolute atomic E-state index is 14.3. The number of ether oxygens (including phenoxy) is 2. The topological polar surface area (TPSA) is 79.1 Å². The molecule has 0 bridgehead atoms. The summed E-state index contributed by atoms with van der Waals surface area (Å²) in [5.41, 5.74) is 1.08. The molecular formula is C27H34BrFN4O3. The van der Waals surface area contributed by atoms with E-state index in [0.717, 1.165) is 16.9 Å². The van der Waals surface area contributed by atoms with E-state index in [1.54, 1.807) is 13.2 Å². The van der Waals surface area contributed by atoms with E-state index < -0.39 is 17.4 Å². The van der Waals surface area contributed by atoms with Crippen molar-refractivity contribution in [1.29, 1.82) is 0 Å². The zero-order valence-corrected chi connectivity index (χ0v) is 23.3. The van der Waals surface area contributed by atoms with Crippen LogP contribution in [0.25, 0.3) is 0 Å². The number of rotatable bonds is 10. The average Bonchev–Trinajstić information content (AvgIpc) is 3.26. The molecule has 1 aromatic heterocycles. The van der Waals surface area contributed by atoms with Gasteiger partial charge in [-0.3, -0.25) is 4.79 Å². The van der Waals surface area contributed by atoms with E-state index in [1.807, 2.05) is 51.1 Å². The zero-order chi connectivity index (χ0) is 26.5. The van der Waals surface area contributed by atoms with Gasteiger partial charge in [-0.25, -0.2) is 4.39 Å². The van der Waals surface area contributed by atoms with Gasteiger partial charge in [0, 0.05) is 5.92 Å². The van der Waals surface area contributed by atoms with Crippen molar-refractivity contribution < 1.29 is 18.7 Å². The van der Waals surface area contributed by atoms with Crippen LogP contribution in [0.4, 0.5) is 4.39 Å². The van der Waals surface area contributed by atoms with Crippen LogP contribution in [0.3, 0.4) is 0 Å². The molecule has 0 aliphatic carbocycles. The highest BCUT2D eigenvalue weighted by atomic mass is 79.9. The van der Waals surface area contributed by atoms with Crippen LogP contribution in [0.2, 0.25) is 0 Å². The average molecular weight is 561 g/mol. The van der Waals surface area contributed by atoms with Crippen molar-refractivity contribution >= 4 is 21.9 Å². The molecule has 7 nitrogen and oxygen atoms in total. The summed E-state index contributed by atoms with van der Waals surface area (Å²) < 4.78 is 25.7. The van der Waals surface area contributed by atoms with Crippen molar-refractivity contribution in [3.8, 4) is 5.75 Å². The Labute approximate surface area is 220 Å². The van der Waals surface area contributed by atoms with Crippen LogP contribution >= 0.6 is 15.9 Å². The minimum Gasteiger partial charge on any atom is -0.497 e. The third-order valence-corrected chi connectivity index (χ3v) is 6.29. The van der Waals surface area contributed by atoms with E-state index in [4.69, 9.17) is 9.47 Å². The second kappa shape index (κ2) is 12.0. The van der Waals surface area contributed by atoms with E-state index in [9.17, 15) is 9.18 Å². The molecule has 0 aliphatic heterocycles. The third-order valence-electron chi connectivity index (χ3n) is 5.64. The lowest BCUT2D eigenvalue weighted by molar-refractivity contribution is -0.161. The normalized spacial score (nSPS) is 13.5. The van der Waals surface area contributed by atoms with E-state index in [-0.39, 0.29) is 17.7 Å². The number of methoxy groups -OCH3 is 1. The number of halogens is 2. The second-order valence-electron chi connectivity index (χ2n) is 10.4. The molecule has 0 N–H and O–H groups in total. The van der Waals surface area contributed by atoms with Crippen LogP contribution in [-0.2, 0) is 22.5 Å². The number of hydrogen-bond acceptors (Lipinski definition) is 6. The molecule has 36 heavy (non-hydrogen) atoms. The fourth-order valence-electron chi connectivity index (χ4n) is 4.01. The van der Waals surface area contributed by atoms with Crippen LogP contribution < -0.4 is 4.74 Å². The van der Waals surface area contributed by atoms with Gasteiger partial charge < -0.3 is 9.47 Å². The van der Waals surface area contributed by atoms with E-state index in [0.29, 0.717) is 29.7 Å². The molecule has 0 spiro atoms. The number of carbonyl (C=O) groups excluding carboxylic acids is 1. The maximum Gasteiger partial charge on any atom is 0.310 e. The van der Waals surface area contributed by atoms with Gasteiger partial charge in [0.1, 0.15) is 17.2 Å². The SMILES string of the molecule is COc1ccc(Cn2nnc([C@H](Cc3ccc(Br)c(F)c3)[C@@H](CC(C)C)C(=O)OC(C)(C)C)n2)cc1. The number of aromatic nitrogens is 4. The number of nitrogens with zero attached hydrogens (tertiary/aromatic N) is 4. The Morgan fingerprint density at radius 3 is 2.36 bits per heavy atom. The first-order chi connectivity index (χ1) is 16.9. The Balaban J connectivity index is 1.96. The molecule has 3 rings (SSSR count). The summed E-state index contributed by atoms with van der Waals surface area (Å²) in [6, 6.07) is 12.6. The summed E-state index contributed by atoms with van der Waals surface area (Å²) in [5, 5.41) is 13.2. The first-order valence-corrected chi connectivity index (χ1v) is 12.8. The van der Waals surface area contributed by atoms with Crippen LogP contribution in [0.1, 0.15) is 63.9 Å². The van der Waals surface area contributed by atoms with Gasteiger partial charge >= 0.3 is 5.97 Å². The fourth-order valence-corrected chi connectivity index (χ4v) is 4.26. The van der Waals surface area contributed by atoms with Gasteiger partial charge in [-0.2, -0.15) is 4.80 Å². The summed E-state index contributed by atoms with van der Waals surface area (Å²) >= 11 is 3.21. The van der Waals surface area contributed by atoms with Gasteiger partial charge in [0.05, 0.1) is 24.0 Å². The lowest BCUT2D eigenvalue weighted by atomic mass is 9.81. The first kappa shape index (κ1) is 27.8. The van der Waals surface area contributed by atoms with Gasteiger partial charge in [0.25, 0.3) is 0 Å². The minimum absolute atomic E-state index is 0.223. The maximum atomic E-state index is 14.3. The van der Waals surface area contributed by atoms with Gasteiger partial charge in [-0.1, -0.05) is 32.0 Å². The molecule has 2 atom stereocenters. The standard InChI is InChI=1S/C27H34BrFN4O3/c1-17(2)13-22(26(34)36-27(3,4)5)21(14-19-9-12-23(28)24(29)15-19)25-30-32-33(31-25)16-18-7-10-20(35-6)11-8-18/h7-12,15,17,21-22H,13-14,16H2,1-6H3/t21-,22-/m1/s1. The largest absolute Gasteiger partial charge is 0.497 e. The summed E-state index contributed by atoms with van der Waals surface area (Å²) in [7, 11) is 1.62. The Hall–Kier alpha value is -2.81. The molecule has 0 unspecified atom stereocenters. The molecule has 9 heteroatoms. The monoisotopic (exact) mass is 560 g/mol. The van der Waals surface area contributed by atoms with Crippen LogP contribution in [0.5, 0.6) is 5.75 Å². The molecule has 0 amide bonds. The molecule has 0 saturated carbocycles. The Morgan fingerprint density at radius 2 is 1.78 bits per heavy atom. The zero-order valence-electron chi connectivity index (χ0n) is 21.7. The molecule has 0 saturated heterocycles. The molecular weight excluding hydrogens is 527 g/mol. The summed E-state index contributed by atoms with van der Waals surface area (Å²) in [6.45, 7) is 10.1. The van der Waals surface area contributed by atoms with E-state index >= 15 is 0 Å². The predicted octanol–water partition coefficient (Wildman–Crippen LogP) is 5.96. The lowest BCUT2D eigenvalue weighted by Crippen LogP contribution is -2.34. The summed E-state index contributed by atoms with van der Waals surface area (Å²) in [6.07, 6.45) is 0.945. The van der Waals surface area contributed by atoms with Gasteiger partial charge in [-0.15, -0.1) is 10.2 Å². The van der Waals surface area contributed by atoms with E-state index in [1.165, 1.54) is 10.9 Å². The van der Waals surface area contributed by atoms with Crippen molar-refractivity contribution in [2.24, 2.45) is 11.8 Å². The van der Waals surface area contributed by atoms with Crippen molar-refractivity contribution in [3.63, 3.8) is 0 Å². The highest BCUT2D eigenvalue weighted by molar-refractivity contribution is 9.10.